The van der Waals surface area contributed by atoms with Crippen molar-refractivity contribution in [3.05, 3.63) is 53.6 Å². The SMILES string of the molecule is CSc1nccc(C(C=O)c2ccc(F)cc2)n1. The number of carbonyl (C=O) groups excluding carboxylic acids is 1. The molecule has 0 amide bonds. The fourth-order valence-electron chi connectivity index (χ4n) is 1.61. The molecule has 2 rings (SSSR count). The summed E-state index contributed by atoms with van der Waals surface area (Å²) in [6.45, 7) is 0. The lowest BCUT2D eigenvalue weighted by atomic mass is 9.97. The third-order valence-corrected chi connectivity index (χ3v) is 3.08. The summed E-state index contributed by atoms with van der Waals surface area (Å²) in [6.07, 6.45) is 4.29. The number of hydrogen-bond donors (Lipinski definition) is 0. The van der Waals surface area contributed by atoms with Crippen molar-refractivity contribution in [1.29, 1.82) is 0 Å². The van der Waals surface area contributed by atoms with Gasteiger partial charge in [-0.3, -0.25) is 0 Å². The zero-order chi connectivity index (χ0) is 13.0. The minimum atomic E-state index is -0.487. The van der Waals surface area contributed by atoms with Gasteiger partial charge < -0.3 is 4.79 Å². The van der Waals surface area contributed by atoms with Crippen LogP contribution in [0.4, 0.5) is 4.39 Å². The number of halogens is 1. The quantitative estimate of drug-likeness (QED) is 0.482. The van der Waals surface area contributed by atoms with Gasteiger partial charge in [0.05, 0.1) is 11.6 Å². The van der Waals surface area contributed by atoms with E-state index in [9.17, 15) is 9.18 Å². The second-order valence-corrected chi connectivity index (χ2v) is 4.41. The van der Waals surface area contributed by atoms with E-state index in [0.29, 0.717) is 10.9 Å². The van der Waals surface area contributed by atoms with Crippen molar-refractivity contribution in [2.75, 3.05) is 6.26 Å². The molecule has 0 saturated carbocycles. The zero-order valence-electron chi connectivity index (χ0n) is 9.71. The fourth-order valence-corrected chi connectivity index (χ4v) is 1.98. The van der Waals surface area contributed by atoms with E-state index in [0.717, 1.165) is 11.8 Å². The minimum absolute atomic E-state index is 0.323. The van der Waals surface area contributed by atoms with Crippen LogP contribution in [0.1, 0.15) is 17.2 Å². The summed E-state index contributed by atoms with van der Waals surface area (Å²) >= 11 is 1.41. The molecule has 0 bridgehead atoms. The molecule has 0 saturated heterocycles. The molecule has 1 unspecified atom stereocenters. The van der Waals surface area contributed by atoms with Crippen LogP contribution < -0.4 is 0 Å². The topological polar surface area (TPSA) is 42.9 Å². The lowest BCUT2D eigenvalue weighted by Crippen LogP contribution is -2.06. The molecule has 0 aliphatic carbocycles. The van der Waals surface area contributed by atoms with Crippen molar-refractivity contribution in [1.82, 2.24) is 9.97 Å². The van der Waals surface area contributed by atoms with Gasteiger partial charge in [-0.05, 0) is 30.0 Å². The second kappa shape index (κ2) is 5.73. The Morgan fingerprint density at radius 3 is 2.61 bits per heavy atom. The average Bonchev–Trinajstić information content (AvgIpc) is 2.42. The second-order valence-electron chi connectivity index (χ2n) is 3.63. The van der Waals surface area contributed by atoms with Crippen molar-refractivity contribution in [3.8, 4) is 0 Å². The highest BCUT2D eigenvalue weighted by atomic mass is 32.2. The number of thioether (sulfide) groups is 1. The standard InChI is InChI=1S/C13H11FN2OS/c1-18-13-15-7-6-12(16-13)11(8-17)9-2-4-10(14)5-3-9/h2-8,11H,1H3. The Balaban J connectivity index is 2.38. The number of aldehydes is 1. The molecule has 18 heavy (non-hydrogen) atoms. The number of carbonyl (C=O) groups is 1. The van der Waals surface area contributed by atoms with Crippen molar-refractivity contribution in [2.24, 2.45) is 0 Å². The summed E-state index contributed by atoms with van der Waals surface area (Å²) in [5.74, 6) is -0.810. The molecule has 0 aliphatic rings. The van der Waals surface area contributed by atoms with Crippen molar-refractivity contribution >= 4 is 18.0 Å². The first kappa shape index (κ1) is 12.7. The first-order chi connectivity index (χ1) is 8.74. The Labute approximate surface area is 108 Å². The summed E-state index contributed by atoms with van der Waals surface area (Å²) in [6, 6.07) is 7.55. The van der Waals surface area contributed by atoms with Crippen LogP contribution in [0.5, 0.6) is 0 Å². The van der Waals surface area contributed by atoms with Crippen LogP contribution in [0.25, 0.3) is 0 Å². The van der Waals surface area contributed by atoms with E-state index in [1.165, 1.54) is 23.9 Å². The van der Waals surface area contributed by atoms with Crippen LogP contribution in [-0.4, -0.2) is 22.5 Å². The molecule has 1 aromatic carbocycles. The van der Waals surface area contributed by atoms with Crippen LogP contribution in [0.3, 0.4) is 0 Å². The Kier molecular flexibility index (Phi) is 4.04. The monoisotopic (exact) mass is 262 g/mol. The maximum atomic E-state index is 12.9. The van der Waals surface area contributed by atoms with Gasteiger partial charge in [-0.15, -0.1) is 0 Å². The summed E-state index contributed by atoms with van der Waals surface area (Å²) < 4.78 is 12.9. The maximum Gasteiger partial charge on any atom is 0.187 e. The third-order valence-electron chi connectivity index (χ3n) is 2.52. The lowest BCUT2D eigenvalue weighted by molar-refractivity contribution is -0.108. The van der Waals surface area contributed by atoms with Crippen molar-refractivity contribution in [3.63, 3.8) is 0 Å². The molecule has 0 aliphatic heterocycles. The van der Waals surface area contributed by atoms with Gasteiger partial charge in [-0.2, -0.15) is 0 Å². The maximum absolute atomic E-state index is 12.9. The van der Waals surface area contributed by atoms with Gasteiger partial charge in [0.2, 0.25) is 0 Å². The molecule has 2 aromatic rings. The van der Waals surface area contributed by atoms with Crippen molar-refractivity contribution in [2.45, 2.75) is 11.1 Å². The predicted molar refractivity (Wildman–Crippen MR) is 68.1 cm³/mol. The summed E-state index contributed by atoms with van der Waals surface area (Å²) in [4.78, 5) is 19.6. The molecular formula is C13H11FN2OS. The summed E-state index contributed by atoms with van der Waals surface area (Å²) in [5.41, 5.74) is 1.34. The van der Waals surface area contributed by atoms with E-state index in [4.69, 9.17) is 0 Å². The smallest absolute Gasteiger partial charge is 0.187 e. The lowest BCUT2D eigenvalue weighted by Gasteiger charge is -2.10. The molecule has 0 N–H and O–H groups in total. The number of nitrogens with zero attached hydrogens (tertiary/aromatic N) is 2. The highest BCUT2D eigenvalue weighted by molar-refractivity contribution is 7.98. The number of rotatable bonds is 4. The van der Waals surface area contributed by atoms with Crippen LogP contribution in [-0.2, 0) is 4.79 Å². The van der Waals surface area contributed by atoms with E-state index >= 15 is 0 Å². The predicted octanol–water partition coefficient (Wildman–Crippen LogP) is 2.67. The Hall–Kier alpha value is -1.75. The Bertz CT molecular complexity index is 545. The van der Waals surface area contributed by atoms with Gasteiger partial charge in [0.15, 0.2) is 5.16 Å². The summed E-state index contributed by atoms with van der Waals surface area (Å²) in [5, 5.41) is 0.612. The molecule has 0 fully saturated rings. The van der Waals surface area contributed by atoms with Gasteiger partial charge >= 0.3 is 0 Å². The van der Waals surface area contributed by atoms with Gasteiger partial charge in [0.25, 0.3) is 0 Å². The van der Waals surface area contributed by atoms with Gasteiger partial charge in [-0.25, -0.2) is 14.4 Å². The first-order valence-electron chi connectivity index (χ1n) is 5.32. The van der Waals surface area contributed by atoms with E-state index in [2.05, 4.69) is 9.97 Å². The summed E-state index contributed by atoms with van der Waals surface area (Å²) in [7, 11) is 0. The molecule has 0 radical (unpaired) electrons. The van der Waals surface area contributed by atoms with E-state index in [1.54, 1.807) is 24.4 Å². The molecular weight excluding hydrogens is 251 g/mol. The molecule has 1 heterocycles. The molecule has 5 heteroatoms. The van der Waals surface area contributed by atoms with Gasteiger partial charge in [0.1, 0.15) is 12.1 Å². The zero-order valence-corrected chi connectivity index (χ0v) is 10.5. The molecule has 1 aromatic heterocycles. The van der Waals surface area contributed by atoms with Crippen LogP contribution in [0.2, 0.25) is 0 Å². The first-order valence-corrected chi connectivity index (χ1v) is 6.54. The molecule has 1 atom stereocenters. The van der Waals surface area contributed by atoms with E-state index in [1.807, 2.05) is 6.26 Å². The Morgan fingerprint density at radius 2 is 2.00 bits per heavy atom. The van der Waals surface area contributed by atoms with E-state index < -0.39 is 5.92 Å². The number of benzene rings is 1. The molecule has 3 nitrogen and oxygen atoms in total. The van der Waals surface area contributed by atoms with E-state index in [-0.39, 0.29) is 5.82 Å². The largest absolute Gasteiger partial charge is 0.302 e. The third kappa shape index (κ3) is 2.73. The highest BCUT2D eigenvalue weighted by Gasteiger charge is 2.15. The van der Waals surface area contributed by atoms with Crippen molar-refractivity contribution < 1.29 is 9.18 Å². The highest BCUT2D eigenvalue weighted by Crippen LogP contribution is 2.22. The van der Waals surface area contributed by atoms with Gasteiger partial charge in [0, 0.05) is 6.20 Å². The number of hydrogen-bond acceptors (Lipinski definition) is 4. The van der Waals surface area contributed by atoms with Gasteiger partial charge in [-0.1, -0.05) is 23.9 Å². The normalized spacial score (nSPS) is 12.1. The average molecular weight is 262 g/mol. The minimum Gasteiger partial charge on any atom is -0.302 e. The van der Waals surface area contributed by atoms with Crippen LogP contribution in [0, 0.1) is 5.82 Å². The molecule has 92 valence electrons. The Morgan fingerprint density at radius 1 is 1.28 bits per heavy atom. The number of aromatic nitrogens is 2. The van der Waals surface area contributed by atoms with Crippen LogP contribution in [0.15, 0.2) is 41.7 Å². The fraction of sp³-hybridized carbons (Fsp3) is 0.154. The molecule has 0 spiro atoms. The van der Waals surface area contributed by atoms with Crippen LogP contribution >= 0.6 is 11.8 Å².